The fraction of sp³-hybridized carbons (Fsp3) is 0.714. The van der Waals surface area contributed by atoms with E-state index in [0.29, 0.717) is 6.42 Å². The summed E-state index contributed by atoms with van der Waals surface area (Å²) in [5.41, 5.74) is -0.0520. The van der Waals surface area contributed by atoms with Crippen molar-refractivity contribution < 1.29 is 4.79 Å². The first-order valence-corrected chi connectivity index (χ1v) is 3.33. The maximum atomic E-state index is 11.0. The zero-order valence-electron chi connectivity index (χ0n) is 6.59. The Morgan fingerprint density at radius 1 is 1.70 bits per heavy atom. The van der Waals surface area contributed by atoms with E-state index < -0.39 is 0 Å². The summed E-state index contributed by atoms with van der Waals surface area (Å²) in [7, 11) is 1.67. The van der Waals surface area contributed by atoms with Crippen molar-refractivity contribution in [3.05, 3.63) is 0 Å². The maximum absolute atomic E-state index is 11.0. The van der Waals surface area contributed by atoms with Gasteiger partial charge in [-0.3, -0.25) is 4.79 Å². The lowest BCUT2D eigenvalue weighted by atomic mass is 9.90. The third-order valence-electron chi connectivity index (χ3n) is 1.55. The summed E-state index contributed by atoms with van der Waals surface area (Å²) < 4.78 is 0. The molecule has 1 aliphatic heterocycles. The molecule has 56 valence electrons. The van der Waals surface area contributed by atoms with Gasteiger partial charge in [-0.25, -0.2) is 5.01 Å². The molecule has 3 heteroatoms. The summed E-state index contributed by atoms with van der Waals surface area (Å²) >= 11 is 0. The van der Waals surface area contributed by atoms with Gasteiger partial charge >= 0.3 is 0 Å². The predicted octanol–water partition coefficient (Wildman–Crippen LogP) is 0.861. The quantitative estimate of drug-likeness (QED) is 0.491. The van der Waals surface area contributed by atoms with Gasteiger partial charge in [-0.15, -0.1) is 0 Å². The van der Waals surface area contributed by atoms with Crippen LogP contribution < -0.4 is 0 Å². The lowest BCUT2D eigenvalue weighted by Gasteiger charge is -2.26. The molecule has 1 amide bonds. The molecule has 10 heavy (non-hydrogen) atoms. The van der Waals surface area contributed by atoms with Crippen LogP contribution in [0.25, 0.3) is 0 Å². The molecule has 0 saturated carbocycles. The van der Waals surface area contributed by atoms with Crippen LogP contribution in [0.1, 0.15) is 20.3 Å². The molecule has 0 unspecified atom stereocenters. The van der Waals surface area contributed by atoms with Crippen molar-refractivity contribution in [2.45, 2.75) is 20.3 Å². The number of nitrogens with zero attached hydrogens (tertiary/aromatic N) is 2. The smallest absolute Gasteiger partial charge is 0.243 e. The fourth-order valence-corrected chi connectivity index (χ4v) is 0.857. The highest BCUT2D eigenvalue weighted by atomic mass is 16.2. The van der Waals surface area contributed by atoms with Crippen LogP contribution in [-0.2, 0) is 4.79 Å². The molecule has 0 saturated heterocycles. The Morgan fingerprint density at radius 2 is 2.30 bits per heavy atom. The topological polar surface area (TPSA) is 32.7 Å². The van der Waals surface area contributed by atoms with Crippen LogP contribution in [0.5, 0.6) is 0 Å². The standard InChI is InChI=1S/C7H12N2O/c1-7(2)4-6(10)9(3)8-5-7/h5H,4H2,1-3H3. The van der Waals surface area contributed by atoms with Crippen molar-refractivity contribution in [2.75, 3.05) is 7.05 Å². The van der Waals surface area contributed by atoms with Crippen LogP contribution >= 0.6 is 0 Å². The first-order chi connectivity index (χ1) is 4.51. The number of hydrogen-bond acceptors (Lipinski definition) is 2. The third-order valence-corrected chi connectivity index (χ3v) is 1.55. The van der Waals surface area contributed by atoms with E-state index in [1.54, 1.807) is 7.05 Å². The van der Waals surface area contributed by atoms with Gasteiger partial charge in [0.2, 0.25) is 5.91 Å². The molecule has 0 aromatic heterocycles. The Morgan fingerprint density at radius 3 is 2.70 bits per heavy atom. The summed E-state index contributed by atoms with van der Waals surface area (Å²) in [6.45, 7) is 4.00. The van der Waals surface area contributed by atoms with Gasteiger partial charge in [0.1, 0.15) is 0 Å². The minimum absolute atomic E-state index is 0.0520. The SMILES string of the molecule is CN1N=CC(C)(C)CC1=O. The van der Waals surface area contributed by atoms with Crippen molar-refractivity contribution >= 4 is 12.1 Å². The molecule has 3 nitrogen and oxygen atoms in total. The summed E-state index contributed by atoms with van der Waals surface area (Å²) in [6.07, 6.45) is 2.38. The van der Waals surface area contributed by atoms with E-state index in [1.807, 2.05) is 20.1 Å². The molecule has 0 aromatic rings. The van der Waals surface area contributed by atoms with Crippen LogP contribution in [0, 0.1) is 5.41 Å². The minimum atomic E-state index is -0.0520. The van der Waals surface area contributed by atoms with Gasteiger partial charge in [0.25, 0.3) is 0 Å². The summed E-state index contributed by atoms with van der Waals surface area (Å²) in [5.74, 6) is 0.0903. The highest BCUT2D eigenvalue weighted by Gasteiger charge is 2.25. The zero-order valence-corrected chi connectivity index (χ0v) is 6.59. The molecular weight excluding hydrogens is 128 g/mol. The Hall–Kier alpha value is -0.860. The van der Waals surface area contributed by atoms with E-state index in [4.69, 9.17) is 0 Å². The van der Waals surface area contributed by atoms with Gasteiger partial charge in [-0.05, 0) is 0 Å². The van der Waals surface area contributed by atoms with Crippen LogP contribution in [0.15, 0.2) is 5.10 Å². The van der Waals surface area contributed by atoms with E-state index in [-0.39, 0.29) is 11.3 Å². The van der Waals surface area contributed by atoms with Gasteiger partial charge in [-0.2, -0.15) is 5.10 Å². The van der Waals surface area contributed by atoms with Crippen molar-refractivity contribution in [2.24, 2.45) is 10.5 Å². The maximum Gasteiger partial charge on any atom is 0.243 e. The van der Waals surface area contributed by atoms with Crippen LogP contribution in [0.3, 0.4) is 0 Å². The molecule has 1 aliphatic rings. The Bertz CT molecular complexity index is 184. The van der Waals surface area contributed by atoms with Gasteiger partial charge < -0.3 is 0 Å². The first-order valence-electron chi connectivity index (χ1n) is 3.33. The van der Waals surface area contributed by atoms with Gasteiger partial charge in [0.05, 0.1) is 0 Å². The molecule has 0 bridgehead atoms. The van der Waals surface area contributed by atoms with Crippen LogP contribution in [-0.4, -0.2) is 24.2 Å². The second-order valence-corrected chi connectivity index (χ2v) is 3.33. The Kier molecular flexibility index (Phi) is 1.50. The lowest BCUT2D eigenvalue weighted by Crippen LogP contribution is -2.33. The summed E-state index contributed by atoms with van der Waals surface area (Å²) in [5, 5.41) is 5.30. The number of rotatable bonds is 0. The van der Waals surface area contributed by atoms with Crippen molar-refractivity contribution in [3.8, 4) is 0 Å². The molecule has 0 atom stereocenters. The average molecular weight is 140 g/mol. The van der Waals surface area contributed by atoms with Crippen molar-refractivity contribution in [3.63, 3.8) is 0 Å². The first kappa shape index (κ1) is 7.25. The van der Waals surface area contributed by atoms with Crippen LogP contribution in [0.2, 0.25) is 0 Å². The molecule has 0 N–H and O–H groups in total. The highest BCUT2D eigenvalue weighted by molar-refractivity contribution is 5.84. The predicted molar refractivity (Wildman–Crippen MR) is 39.7 cm³/mol. The second-order valence-electron chi connectivity index (χ2n) is 3.33. The van der Waals surface area contributed by atoms with E-state index in [9.17, 15) is 4.79 Å². The molecule has 0 radical (unpaired) electrons. The Labute approximate surface area is 60.7 Å². The number of amides is 1. The normalized spacial score (nSPS) is 23.5. The zero-order chi connectivity index (χ0) is 7.78. The van der Waals surface area contributed by atoms with E-state index in [2.05, 4.69) is 5.10 Å². The summed E-state index contributed by atoms with van der Waals surface area (Å²) in [6, 6.07) is 0. The number of hydrazone groups is 1. The highest BCUT2D eigenvalue weighted by Crippen LogP contribution is 2.21. The number of carbonyl (C=O) groups is 1. The van der Waals surface area contributed by atoms with E-state index in [0.717, 1.165) is 0 Å². The fourth-order valence-electron chi connectivity index (χ4n) is 0.857. The van der Waals surface area contributed by atoms with Gasteiger partial charge in [0.15, 0.2) is 0 Å². The van der Waals surface area contributed by atoms with Crippen LogP contribution in [0.4, 0.5) is 0 Å². The second kappa shape index (κ2) is 2.08. The van der Waals surface area contributed by atoms with Crippen molar-refractivity contribution in [1.82, 2.24) is 5.01 Å². The van der Waals surface area contributed by atoms with Gasteiger partial charge in [0, 0.05) is 25.1 Å². The van der Waals surface area contributed by atoms with Gasteiger partial charge in [-0.1, -0.05) is 13.8 Å². The monoisotopic (exact) mass is 140 g/mol. The lowest BCUT2D eigenvalue weighted by molar-refractivity contribution is -0.132. The Balaban J connectivity index is 2.79. The van der Waals surface area contributed by atoms with E-state index >= 15 is 0 Å². The molecule has 0 fully saturated rings. The van der Waals surface area contributed by atoms with Crippen molar-refractivity contribution in [1.29, 1.82) is 0 Å². The molecular formula is C7H12N2O. The van der Waals surface area contributed by atoms with E-state index in [1.165, 1.54) is 5.01 Å². The third kappa shape index (κ3) is 1.35. The summed E-state index contributed by atoms with van der Waals surface area (Å²) in [4.78, 5) is 11.0. The molecule has 1 heterocycles. The number of carbonyl (C=O) groups excluding carboxylic acids is 1. The molecule has 0 aromatic carbocycles. The number of hydrogen-bond donors (Lipinski definition) is 0. The molecule has 1 rings (SSSR count). The minimum Gasteiger partial charge on any atom is -0.273 e. The largest absolute Gasteiger partial charge is 0.273 e. The molecule has 0 aliphatic carbocycles. The molecule has 0 spiro atoms. The average Bonchev–Trinajstić information content (AvgIpc) is 1.79.